The fraction of sp³-hybridized carbons (Fsp3) is 1.00. The summed E-state index contributed by atoms with van der Waals surface area (Å²) in [6, 6.07) is 0. The summed E-state index contributed by atoms with van der Waals surface area (Å²) in [4.78, 5) is 0. The summed E-state index contributed by atoms with van der Waals surface area (Å²) >= 11 is 0. The van der Waals surface area contributed by atoms with Crippen molar-refractivity contribution in [1.82, 2.24) is 5.32 Å². The molecule has 2 rings (SSSR count). The van der Waals surface area contributed by atoms with Gasteiger partial charge in [0.15, 0.2) is 0 Å². The van der Waals surface area contributed by atoms with Crippen LogP contribution in [0.25, 0.3) is 0 Å². The van der Waals surface area contributed by atoms with Gasteiger partial charge in [-0.3, -0.25) is 0 Å². The van der Waals surface area contributed by atoms with E-state index in [1.54, 1.807) is 0 Å². The van der Waals surface area contributed by atoms with E-state index < -0.39 is 0 Å². The maximum absolute atomic E-state index is 3.47. The van der Waals surface area contributed by atoms with E-state index in [4.69, 9.17) is 0 Å². The molecule has 0 bridgehead atoms. The third-order valence-corrected chi connectivity index (χ3v) is 4.01. The molecule has 0 unspecified atom stereocenters. The van der Waals surface area contributed by atoms with Crippen molar-refractivity contribution >= 4 is 0 Å². The van der Waals surface area contributed by atoms with Crippen molar-refractivity contribution in [2.45, 2.75) is 52.9 Å². The second kappa shape index (κ2) is 3.52. The molecule has 0 amide bonds. The summed E-state index contributed by atoms with van der Waals surface area (Å²) < 4.78 is 0. The molecule has 1 heteroatoms. The average molecular weight is 195 g/mol. The number of hydrogen-bond donors (Lipinski definition) is 1. The number of hydrogen-bond acceptors (Lipinski definition) is 1. The lowest BCUT2D eigenvalue weighted by atomic mass is 9.55. The zero-order valence-electron chi connectivity index (χ0n) is 10.0. The monoisotopic (exact) mass is 195 g/mol. The molecular weight excluding hydrogens is 170 g/mol. The highest BCUT2D eigenvalue weighted by atomic mass is 14.9. The Hall–Kier alpha value is -0.0400. The van der Waals surface area contributed by atoms with Crippen molar-refractivity contribution in [3.05, 3.63) is 0 Å². The summed E-state index contributed by atoms with van der Waals surface area (Å²) in [7, 11) is 0. The van der Waals surface area contributed by atoms with Crippen LogP contribution in [0.3, 0.4) is 0 Å². The van der Waals surface area contributed by atoms with Crippen molar-refractivity contribution < 1.29 is 0 Å². The first kappa shape index (κ1) is 10.5. The van der Waals surface area contributed by atoms with Gasteiger partial charge in [0.25, 0.3) is 0 Å². The molecule has 0 radical (unpaired) electrons. The van der Waals surface area contributed by atoms with Crippen LogP contribution in [0.1, 0.15) is 52.9 Å². The molecule has 1 saturated heterocycles. The second-order valence-corrected chi connectivity index (χ2v) is 6.79. The SMILES string of the molecule is CC(C)(C)CC1CC2(CCNCC2)C1. The van der Waals surface area contributed by atoms with Crippen LogP contribution in [0.4, 0.5) is 0 Å². The Morgan fingerprint density at radius 3 is 2.21 bits per heavy atom. The Morgan fingerprint density at radius 1 is 1.14 bits per heavy atom. The molecule has 0 aromatic heterocycles. The van der Waals surface area contributed by atoms with Crippen molar-refractivity contribution in [3.63, 3.8) is 0 Å². The van der Waals surface area contributed by atoms with Gasteiger partial charge in [0.2, 0.25) is 0 Å². The summed E-state index contributed by atoms with van der Waals surface area (Å²) in [5.41, 5.74) is 1.32. The first-order valence-corrected chi connectivity index (χ1v) is 6.20. The molecule has 1 heterocycles. The molecule has 0 aromatic carbocycles. The van der Waals surface area contributed by atoms with E-state index >= 15 is 0 Å². The molecular formula is C13H25N. The van der Waals surface area contributed by atoms with Crippen molar-refractivity contribution in [1.29, 1.82) is 0 Å². The van der Waals surface area contributed by atoms with Crippen LogP contribution in [0, 0.1) is 16.7 Å². The van der Waals surface area contributed by atoms with Crippen LogP contribution in [0.5, 0.6) is 0 Å². The van der Waals surface area contributed by atoms with Crippen molar-refractivity contribution in [3.8, 4) is 0 Å². The number of rotatable bonds is 1. The van der Waals surface area contributed by atoms with Crippen molar-refractivity contribution in [2.75, 3.05) is 13.1 Å². The summed E-state index contributed by atoms with van der Waals surface area (Å²) in [5.74, 6) is 1.04. The van der Waals surface area contributed by atoms with E-state index in [9.17, 15) is 0 Å². The van der Waals surface area contributed by atoms with E-state index in [2.05, 4.69) is 26.1 Å². The standard InChI is InChI=1S/C13H25N/c1-12(2,3)8-11-9-13(10-11)4-6-14-7-5-13/h11,14H,4-10H2,1-3H3. The molecule has 2 aliphatic rings. The van der Waals surface area contributed by atoms with Crippen molar-refractivity contribution in [2.24, 2.45) is 16.7 Å². The van der Waals surface area contributed by atoms with Gasteiger partial charge in [-0.2, -0.15) is 0 Å². The minimum atomic E-state index is 0.541. The quantitative estimate of drug-likeness (QED) is 0.677. The van der Waals surface area contributed by atoms with E-state index in [0.717, 1.165) is 11.3 Å². The summed E-state index contributed by atoms with van der Waals surface area (Å²) in [6.07, 6.45) is 7.35. The summed E-state index contributed by atoms with van der Waals surface area (Å²) in [5, 5.41) is 3.47. The largest absolute Gasteiger partial charge is 0.317 e. The molecule has 14 heavy (non-hydrogen) atoms. The van der Waals surface area contributed by atoms with E-state index in [1.807, 2.05) is 0 Å². The number of piperidine rings is 1. The van der Waals surface area contributed by atoms with Crippen LogP contribution >= 0.6 is 0 Å². The molecule has 1 spiro atoms. The lowest BCUT2D eigenvalue weighted by Crippen LogP contribution is -2.46. The number of nitrogens with one attached hydrogen (secondary N) is 1. The van der Waals surface area contributed by atoms with Gasteiger partial charge in [0.05, 0.1) is 0 Å². The lowest BCUT2D eigenvalue weighted by molar-refractivity contribution is 0.00173. The first-order chi connectivity index (χ1) is 6.49. The molecule has 1 aliphatic heterocycles. The van der Waals surface area contributed by atoms with Crippen LogP contribution in [0.15, 0.2) is 0 Å². The highest BCUT2D eigenvalue weighted by Crippen LogP contribution is 2.54. The first-order valence-electron chi connectivity index (χ1n) is 6.20. The lowest BCUT2D eigenvalue weighted by Gasteiger charge is -2.52. The van der Waals surface area contributed by atoms with Gasteiger partial charge >= 0.3 is 0 Å². The predicted molar refractivity (Wildman–Crippen MR) is 61.3 cm³/mol. The zero-order chi connectivity index (χ0) is 10.2. The van der Waals surface area contributed by atoms with E-state index in [-0.39, 0.29) is 0 Å². The third kappa shape index (κ3) is 2.31. The maximum Gasteiger partial charge on any atom is -0.00436 e. The predicted octanol–water partition coefficient (Wildman–Crippen LogP) is 3.20. The molecule has 0 aromatic rings. The van der Waals surface area contributed by atoms with Crippen LogP contribution in [-0.4, -0.2) is 13.1 Å². The Bertz CT molecular complexity index is 188. The molecule has 0 atom stereocenters. The molecule has 2 fully saturated rings. The zero-order valence-corrected chi connectivity index (χ0v) is 10.0. The molecule has 82 valence electrons. The maximum atomic E-state index is 3.47. The highest BCUT2D eigenvalue weighted by Gasteiger charge is 2.44. The minimum Gasteiger partial charge on any atom is -0.317 e. The van der Waals surface area contributed by atoms with Crippen LogP contribution in [0.2, 0.25) is 0 Å². The molecule has 1 nitrogen and oxygen atoms in total. The fourth-order valence-corrected chi connectivity index (χ4v) is 3.54. The minimum absolute atomic E-state index is 0.541. The Balaban J connectivity index is 1.78. The van der Waals surface area contributed by atoms with Crippen LogP contribution in [-0.2, 0) is 0 Å². The Kier molecular flexibility index (Phi) is 2.63. The van der Waals surface area contributed by atoms with Gasteiger partial charge in [-0.15, -0.1) is 0 Å². The fourth-order valence-electron chi connectivity index (χ4n) is 3.54. The molecule has 1 N–H and O–H groups in total. The topological polar surface area (TPSA) is 12.0 Å². The Morgan fingerprint density at radius 2 is 1.71 bits per heavy atom. The third-order valence-electron chi connectivity index (χ3n) is 4.01. The van der Waals surface area contributed by atoms with E-state index in [0.29, 0.717) is 5.41 Å². The smallest absolute Gasteiger partial charge is 0.00436 e. The van der Waals surface area contributed by atoms with E-state index in [1.165, 1.54) is 45.2 Å². The highest BCUT2D eigenvalue weighted by molar-refractivity contribution is 4.97. The van der Waals surface area contributed by atoms with Gasteiger partial charge in [-0.1, -0.05) is 20.8 Å². The van der Waals surface area contributed by atoms with Gasteiger partial charge in [0, 0.05) is 0 Å². The van der Waals surface area contributed by atoms with Gasteiger partial charge in [0.1, 0.15) is 0 Å². The Labute approximate surface area is 88.7 Å². The summed E-state index contributed by atoms with van der Waals surface area (Å²) in [6.45, 7) is 9.66. The molecule has 1 saturated carbocycles. The molecule has 1 aliphatic carbocycles. The average Bonchev–Trinajstić information content (AvgIpc) is 2.00. The van der Waals surface area contributed by atoms with Crippen LogP contribution < -0.4 is 5.32 Å². The van der Waals surface area contributed by atoms with Gasteiger partial charge < -0.3 is 5.32 Å². The van der Waals surface area contributed by atoms with Gasteiger partial charge in [-0.05, 0) is 61.9 Å². The van der Waals surface area contributed by atoms with Gasteiger partial charge in [-0.25, -0.2) is 0 Å². The normalized spacial score (nSPS) is 27.6. The second-order valence-electron chi connectivity index (χ2n) is 6.79.